The van der Waals surface area contributed by atoms with Gasteiger partial charge in [0.25, 0.3) is 0 Å². The van der Waals surface area contributed by atoms with Crippen LogP contribution in [0.15, 0.2) is 12.1 Å². The number of carboxylic acids is 1. The van der Waals surface area contributed by atoms with Crippen LogP contribution in [0.2, 0.25) is 0 Å². The summed E-state index contributed by atoms with van der Waals surface area (Å²) in [7, 11) is 0. The fraction of sp³-hybridized carbons (Fsp3) is 0.500. The van der Waals surface area contributed by atoms with Gasteiger partial charge in [-0.2, -0.15) is 0 Å². The third kappa shape index (κ3) is 3.89. The van der Waals surface area contributed by atoms with Crippen LogP contribution in [0.25, 0.3) is 0 Å². The van der Waals surface area contributed by atoms with Gasteiger partial charge in [0.1, 0.15) is 5.82 Å². The fourth-order valence-corrected chi connectivity index (χ4v) is 1.47. The molecule has 0 aliphatic carbocycles. The van der Waals surface area contributed by atoms with Crippen molar-refractivity contribution in [3.63, 3.8) is 0 Å². The van der Waals surface area contributed by atoms with E-state index in [1.165, 1.54) is 12.1 Å². The van der Waals surface area contributed by atoms with Crippen molar-refractivity contribution in [2.45, 2.75) is 26.4 Å². The summed E-state index contributed by atoms with van der Waals surface area (Å²) >= 11 is 0. The first kappa shape index (κ1) is 14.2. The summed E-state index contributed by atoms with van der Waals surface area (Å²) in [6.45, 7) is 6.87. The average molecular weight is 253 g/mol. The van der Waals surface area contributed by atoms with E-state index in [2.05, 4.69) is 10.3 Å². The van der Waals surface area contributed by atoms with Gasteiger partial charge in [-0.25, -0.2) is 9.78 Å². The minimum absolute atomic E-state index is 0.0408. The zero-order chi connectivity index (χ0) is 13.8. The molecule has 1 heterocycles. The Morgan fingerprint density at radius 3 is 2.78 bits per heavy atom. The average Bonchev–Trinajstić information content (AvgIpc) is 2.27. The van der Waals surface area contributed by atoms with Gasteiger partial charge < -0.3 is 20.9 Å². The maximum absolute atomic E-state index is 10.8. The van der Waals surface area contributed by atoms with E-state index in [1.807, 2.05) is 20.8 Å². The maximum atomic E-state index is 10.8. The third-order valence-electron chi connectivity index (χ3n) is 2.36. The molecule has 0 saturated heterocycles. The lowest BCUT2D eigenvalue weighted by Crippen LogP contribution is -2.33. The number of hydrogen-bond donors (Lipinski definition) is 3. The first-order chi connectivity index (χ1) is 8.35. The molecule has 0 atom stereocenters. The predicted octanol–water partition coefficient (Wildman–Crippen LogP) is 1.59. The van der Waals surface area contributed by atoms with E-state index in [0.717, 1.165) is 0 Å². The lowest BCUT2D eigenvalue weighted by molar-refractivity contribution is 0.000654. The number of nitrogen functional groups attached to an aromatic ring is 1. The Balaban J connectivity index is 2.78. The molecular weight excluding hydrogens is 234 g/mol. The minimum atomic E-state index is -1.08. The van der Waals surface area contributed by atoms with Gasteiger partial charge in [-0.3, -0.25) is 0 Å². The number of aromatic carboxylic acids is 1. The molecule has 1 rings (SSSR count). The van der Waals surface area contributed by atoms with Crippen molar-refractivity contribution in [1.29, 1.82) is 0 Å². The summed E-state index contributed by atoms with van der Waals surface area (Å²) in [5.41, 5.74) is 5.73. The molecule has 1 aromatic rings. The summed E-state index contributed by atoms with van der Waals surface area (Å²) in [6.07, 6.45) is 0. The van der Waals surface area contributed by atoms with E-state index in [4.69, 9.17) is 15.6 Å². The first-order valence-corrected chi connectivity index (χ1v) is 5.73. The van der Waals surface area contributed by atoms with Crippen molar-refractivity contribution < 1.29 is 14.6 Å². The van der Waals surface area contributed by atoms with Crippen LogP contribution >= 0.6 is 0 Å². The van der Waals surface area contributed by atoms with E-state index in [0.29, 0.717) is 24.7 Å². The van der Waals surface area contributed by atoms with Crippen LogP contribution in [-0.2, 0) is 4.74 Å². The number of nitrogens with one attached hydrogen (secondary N) is 1. The minimum Gasteiger partial charge on any atom is -0.477 e. The Morgan fingerprint density at radius 1 is 1.56 bits per heavy atom. The Hall–Kier alpha value is -1.82. The lowest BCUT2D eigenvalue weighted by atomic mass is 10.1. The summed E-state index contributed by atoms with van der Waals surface area (Å²) < 4.78 is 5.52. The Morgan fingerprint density at radius 2 is 2.22 bits per heavy atom. The van der Waals surface area contributed by atoms with Crippen molar-refractivity contribution in [2.75, 3.05) is 24.2 Å². The second kappa shape index (κ2) is 5.68. The fourth-order valence-electron chi connectivity index (χ4n) is 1.47. The number of carboxylic acid groups (broad SMARTS) is 1. The monoisotopic (exact) mass is 253 g/mol. The van der Waals surface area contributed by atoms with Crippen LogP contribution in [0.1, 0.15) is 31.3 Å². The molecule has 0 aliphatic heterocycles. The van der Waals surface area contributed by atoms with E-state index in [9.17, 15) is 4.79 Å². The zero-order valence-corrected chi connectivity index (χ0v) is 10.9. The molecule has 6 nitrogen and oxygen atoms in total. The Bertz CT molecular complexity index is 433. The van der Waals surface area contributed by atoms with Crippen molar-refractivity contribution >= 4 is 17.5 Å². The SMILES string of the molecule is CCOC(C)(C)CNc1nc(C(=O)O)ccc1N. The number of hydrogen-bond acceptors (Lipinski definition) is 5. The number of carbonyl (C=O) groups is 1. The quantitative estimate of drug-likeness (QED) is 0.712. The number of rotatable bonds is 6. The van der Waals surface area contributed by atoms with E-state index in [-0.39, 0.29) is 11.3 Å². The molecule has 0 aromatic carbocycles. The summed E-state index contributed by atoms with van der Waals surface area (Å²) in [6, 6.07) is 2.89. The van der Waals surface area contributed by atoms with Crippen molar-refractivity contribution in [1.82, 2.24) is 4.98 Å². The van der Waals surface area contributed by atoms with Gasteiger partial charge in [0.15, 0.2) is 5.69 Å². The van der Waals surface area contributed by atoms with E-state index >= 15 is 0 Å². The smallest absolute Gasteiger partial charge is 0.354 e. The molecule has 0 amide bonds. The number of aromatic nitrogens is 1. The summed E-state index contributed by atoms with van der Waals surface area (Å²) in [5.74, 6) is -0.718. The molecule has 0 spiro atoms. The van der Waals surface area contributed by atoms with Crippen LogP contribution < -0.4 is 11.1 Å². The Kier molecular flexibility index (Phi) is 4.49. The number of nitrogens with zero attached hydrogens (tertiary/aromatic N) is 1. The molecule has 1 aromatic heterocycles. The Labute approximate surface area is 106 Å². The largest absolute Gasteiger partial charge is 0.477 e. The number of ether oxygens (including phenoxy) is 1. The normalized spacial score (nSPS) is 11.3. The molecule has 0 aliphatic rings. The molecule has 0 fully saturated rings. The topological polar surface area (TPSA) is 97.5 Å². The molecule has 0 saturated carbocycles. The van der Waals surface area contributed by atoms with Crippen LogP contribution in [0, 0.1) is 0 Å². The van der Waals surface area contributed by atoms with Gasteiger partial charge in [0, 0.05) is 13.2 Å². The van der Waals surface area contributed by atoms with Crippen molar-refractivity contribution in [2.24, 2.45) is 0 Å². The second-order valence-electron chi connectivity index (χ2n) is 4.49. The van der Waals surface area contributed by atoms with Gasteiger partial charge in [-0.15, -0.1) is 0 Å². The maximum Gasteiger partial charge on any atom is 0.354 e. The van der Waals surface area contributed by atoms with Gasteiger partial charge in [-0.05, 0) is 32.9 Å². The first-order valence-electron chi connectivity index (χ1n) is 5.73. The number of pyridine rings is 1. The van der Waals surface area contributed by atoms with E-state index < -0.39 is 5.97 Å². The zero-order valence-electron chi connectivity index (χ0n) is 10.9. The highest BCUT2D eigenvalue weighted by molar-refractivity contribution is 5.86. The number of anilines is 2. The van der Waals surface area contributed by atoms with Crippen LogP contribution in [0.5, 0.6) is 0 Å². The molecule has 100 valence electrons. The van der Waals surface area contributed by atoms with Crippen LogP contribution in [0.3, 0.4) is 0 Å². The highest BCUT2D eigenvalue weighted by Gasteiger charge is 2.18. The van der Waals surface area contributed by atoms with Gasteiger partial charge >= 0.3 is 5.97 Å². The predicted molar refractivity (Wildman–Crippen MR) is 69.8 cm³/mol. The molecular formula is C12H19N3O3. The molecule has 18 heavy (non-hydrogen) atoms. The van der Waals surface area contributed by atoms with Crippen LogP contribution in [-0.4, -0.2) is 34.8 Å². The summed E-state index contributed by atoms with van der Waals surface area (Å²) in [4.78, 5) is 14.8. The molecule has 0 radical (unpaired) electrons. The van der Waals surface area contributed by atoms with Gasteiger partial charge in [0.2, 0.25) is 0 Å². The van der Waals surface area contributed by atoms with Gasteiger partial charge in [-0.1, -0.05) is 0 Å². The van der Waals surface area contributed by atoms with Gasteiger partial charge in [0.05, 0.1) is 11.3 Å². The second-order valence-corrected chi connectivity index (χ2v) is 4.49. The highest BCUT2D eigenvalue weighted by Crippen LogP contribution is 2.18. The number of nitrogens with two attached hydrogens (primary N) is 1. The van der Waals surface area contributed by atoms with Crippen molar-refractivity contribution in [3.05, 3.63) is 17.8 Å². The van der Waals surface area contributed by atoms with Crippen LogP contribution in [0.4, 0.5) is 11.5 Å². The van der Waals surface area contributed by atoms with E-state index in [1.54, 1.807) is 0 Å². The molecule has 0 bridgehead atoms. The van der Waals surface area contributed by atoms with Crippen molar-refractivity contribution in [3.8, 4) is 0 Å². The third-order valence-corrected chi connectivity index (χ3v) is 2.36. The summed E-state index contributed by atoms with van der Waals surface area (Å²) in [5, 5.41) is 11.9. The standard InChI is InChI=1S/C12H19N3O3/c1-4-18-12(2,3)7-14-10-8(13)5-6-9(15-10)11(16)17/h5-6H,4,7,13H2,1-3H3,(H,14,15)(H,16,17). The lowest BCUT2D eigenvalue weighted by Gasteiger charge is -2.25. The molecule has 0 unspecified atom stereocenters. The molecule has 6 heteroatoms. The highest BCUT2D eigenvalue weighted by atomic mass is 16.5. The molecule has 4 N–H and O–H groups in total.